The molecule has 0 saturated heterocycles. The van der Waals surface area contributed by atoms with Crippen LogP contribution in [0.5, 0.6) is 0 Å². The summed E-state index contributed by atoms with van der Waals surface area (Å²) in [5, 5.41) is 18.6. The van der Waals surface area contributed by atoms with Crippen molar-refractivity contribution in [2.45, 2.75) is 45.2 Å². The average molecular weight is 446 g/mol. The SMILES string of the molecule is CCCCc1ccc(-n2c(SCC(=O)/C(C#N)=C(\C)N)nnc2-c2ccc(C)cc2)cc1. The van der Waals surface area contributed by atoms with E-state index in [1.807, 2.05) is 41.8 Å². The Kier molecular flexibility index (Phi) is 7.85. The Balaban J connectivity index is 1.97. The van der Waals surface area contributed by atoms with Crippen LogP contribution in [0, 0.1) is 18.3 Å². The Morgan fingerprint density at radius 2 is 1.81 bits per heavy atom. The number of hydrogen-bond donors (Lipinski definition) is 1. The van der Waals surface area contributed by atoms with Gasteiger partial charge in [-0.1, -0.05) is 67.1 Å². The number of ketones is 1. The molecule has 0 spiro atoms. The van der Waals surface area contributed by atoms with Gasteiger partial charge in [0, 0.05) is 16.9 Å². The third-order valence-electron chi connectivity index (χ3n) is 5.07. The number of rotatable bonds is 9. The van der Waals surface area contributed by atoms with Crippen LogP contribution >= 0.6 is 11.8 Å². The first-order valence-electron chi connectivity index (χ1n) is 10.6. The molecule has 0 unspecified atom stereocenters. The van der Waals surface area contributed by atoms with Gasteiger partial charge in [-0.25, -0.2) is 0 Å². The lowest BCUT2D eigenvalue weighted by molar-refractivity contribution is -0.112. The molecule has 0 fully saturated rings. The Morgan fingerprint density at radius 3 is 2.41 bits per heavy atom. The first-order valence-corrected chi connectivity index (χ1v) is 11.6. The van der Waals surface area contributed by atoms with Gasteiger partial charge < -0.3 is 5.73 Å². The zero-order chi connectivity index (χ0) is 23.1. The van der Waals surface area contributed by atoms with E-state index in [2.05, 4.69) is 41.4 Å². The minimum atomic E-state index is -0.321. The second kappa shape index (κ2) is 10.8. The number of nitrogens with two attached hydrogens (primary N) is 1. The molecule has 0 saturated carbocycles. The van der Waals surface area contributed by atoms with Gasteiger partial charge in [0.25, 0.3) is 0 Å². The largest absolute Gasteiger partial charge is 0.401 e. The van der Waals surface area contributed by atoms with Crippen molar-refractivity contribution in [3.8, 4) is 23.1 Å². The van der Waals surface area contributed by atoms with Crippen molar-refractivity contribution in [3.63, 3.8) is 0 Å². The number of hydrogen-bond acceptors (Lipinski definition) is 6. The fourth-order valence-electron chi connectivity index (χ4n) is 3.25. The minimum absolute atomic E-state index is 0.0115. The number of carbonyl (C=O) groups is 1. The quantitative estimate of drug-likeness (QED) is 0.283. The fraction of sp³-hybridized carbons (Fsp3) is 0.280. The fourth-order valence-corrected chi connectivity index (χ4v) is 4.08. The first-order chi connectivity index (χ1) is 15.4. The van der Waals surface area contributed by atoms with E-state index in [-0.39, 0.29) is 22.8 Å². The van der Waals surface area contributed by atoms with Crippen LogP contribution in [0.4, 0.5) is 0 Å². The van der Waals surface area contributed by atoms with Gasteiger partial charge in [0.1, 0.15) is 11.6 Å². The normalized spacial score (nSPS) is 11.7. The van der Waals surface area contributed by atoms with Gasteiger partial charge in [-0.3, -0.25) is 9.36 Å². The van der Waals surface area contributed by atoms with Gasteiger partial charge in [0.15, 0.2) is 16.8 Å². The van der Waals surface area contributed by atoms with Gasteiger partial charge in [-0.2, -0.15) is 5.26 Å². The molecular weight excluding hydrogens is 418 g/mol. The molecule has 0 bridgehead atoms. The smallest absolute Gasteiger partial charge is 0.196 e. The molecule has 3 aromatic rings. The molecule has 0 amide bonds. The standard InChI is InChI=1S/C25H27N5OS/c1-4-5-6-19-9-13-21(14-10-19)30-24(20-11-7-17(2)8-12-20)28-29-25(30)32-16-23(31)22(15-26)18(3)27/h7-14H,4-6,16,27H2,1-3H3/b22-18+. The van der Waals surface area contributed by atoms with Crippen LogP contribution in [0.3, 0.4) is 0 Å². The topological polar surface area (TPSA) is 97.6 Å². The summed E-state index contributed by atoms with van der Waals surface area (Å²) in [7, 11) is 0. The number of allylic oxidation sites excluding steroid dienone is 2. The summed E-state index contributed by atoms with van der Waals surface area (Å²) in [4.78, 5) is 12.5. The summed E-state index contributed by atoms with van der Waals surface area (Å²) in [6.45, 7) is 5.78. The number of thioether (sulfide) groups is 1. The highest BCUT2D eigenvalue weighted by Crippen LogP contribution is 2.29. The van der Waals surface area contributed by atoms with E-state index >= 15 is 0 Å². The van der Waals surface area contributed by atoms with Crippen molar-refractivity contribution in [2.75, 3.05) is 5.75 Å². The molecule has 2 N–H and O–H groups in total. The highest BCUT2D eigenvalue weighted by Gasteiger charge is 2.19. The van der Waals surface area contributed by atoms with Crippen LogP contribution in [-0.2, 0) is 11.2 Å². The zero-order valence-corrected chi connectivity index (χ0v) is 19.4. The lowest BCUT2D eigenvalue weighted by Gasteiger charge is -2.11. The first kappa shape index (κ1) is 23.3. The Labute approximate surface area is 193 Å². The summed E-state index contributed by atoms with van der Waals surface area (Å²) in [6.07, 6.45) is 3.35. The van der Waals surface area contributed by atoms with Crippen molar-refractivity contribution >= 4 is 17.5 Å². The van der Waals surface area contributed by atoms with Crippen molar-refractivity contribution in [3.05, 3.63) is 70.9 Å². The Morgan fingerprint density at radius 1 is 1.12 bits per heavy atom. The van der Waals surface area contributed by atoms with E-state index in [0.29, 0.717) is 11.0 Å². The molecule has 7 heteroatoms. The average Bonchev–Trinajstić information content (AvgIpc) is 3.21. The maximum atomic E-state index is 12.5. The minimum Gasteiger partial charge on any atom is -0.401 e. The van der Waals surface area contributed by atoms with E-state index in [0.717, 1.165) is 36.1 Å². The van der Waals surface area contributed by atoms with Crippen LogP contribution in [0.25, 0.3) is 17.1 Å². The van der Waals surface area contributed by atoms with Gasteiger partial charge in [0.2, 0.25) is 0 Å². The van der Waals surface area contributed by atoms with E-state index in [1.165, 1.54) is 17.3 Å². The van der Waals surface area contributed by atoms with Crippen LogP contribution in [0.15, 0.2) is 65.0 Å². The predicted molar refractivity (Wildman–Crippen MR) is 128 cm³/mol. The van der Waals surface area contributed by atoms with Crippen molar-refractivity contribution < 1.29 is 4.79 Å². The zero-order valence-electron chi connectivity index (χ0n) is 18.6. The Bertz CT molecular complexity index is 1150. The molecule has 6 nitrogen and oxygen atoms in total. The number of unbranched alkanes of at least 4 members (excludes halogenated alkanes) is 1. The van der Waals surface area contributed by atoms with E-state index in [9.17, 15) is 10.1 Å². The number of benzene rings is 2. The molecule has 2 aromatic carbocycles. The van der Waals surface area contributed by atoms with Gasteiger partial charge >= 0.3 is 0 Å². The summed E-state index contributed by atoms with van der Waals surface area (Å²) in [5.74, 6) is 0.434. The molecule has 0 aliphatic carbocycles. The van der Waals surface area contributed by atoms with E-state index in [4.69, 9.17) is 5.73 Å². The van der Waals surface area contributed by atoms with Crippen LogP contribution in [-0.4, -0.2) is 26.3 Å². The molecule has 0 radical (unpaired) electrons. The molecule has 32 heavy (non-hydrogen) atoms. The van der Waals surface area contributed by atoms with E-state index < -0.39 is 0 Å². The molecule has 1 aromatic heterocycles. The maximum absolute atomic E-state index is 12.5. The number of aromatic nitrogens is 3. The number of Topliss-reactive ketones (excluding diaryl/α,β-unsaturated/α-hetero) is 1. The number of aryl methyl sites for hydroxylation is 2. The van der Waals surface area contributed by atoms with Gasteiger partial charge in [-0.15, -0.1) is 10.2 Å². The molecule has 0 atom stereocenters. The molecule has 0 aliphatic heterocycles. The number of nitrogens with zero attached hydrogens (tertiary/aromatic N) is 4. The highest BCUT2D eigenvalue weighted by molar-refractivity contribution is 7.99. The molecule has 0 aliphatic rings. The number of nitriles is 1. The maximum Gasteiger partial charge on any atom is 0.196 e. The third-order valence-corrected chi connectivity index (χ3v) is 6.00. The predicted octanol–water partition coefficient (Wildman–Crippen LogP) is 5.00. The summed E-state index contributed by atoms with van der Waals surface area (Å²) in [6, 6.07) is 18.3. The Hall–Kier alpha value is -3.37. The molecule has 1 heterocycles. The molecular formula is C25H27N5OS. The van der Waals surface area contributed by atoms with Crippen LogP contribution in [0.1, 0.15) is 37.8 Å². The second-order valence-corrected chi connectivity index (χ2v) is 8.60. The van der Waals surface area contributed by atoms with Crippen molar-refractivity contribution in [2.24, 2.45) is 5.73 Å². The monoisotopic (exact) mass is 445 g/mol. The van der Waals surface area contributed by atoms with Crippen molar-refractivity contribution in [1.29, 1.82) is 5.26 Å². The third kappa shape index (κ3) is 5.45. The highest BCUT2D eigenvalue weighted by atomic mass is 32.2. The van der Waals surface area contributed by atoms with Crippen LogP contribution in [0.2, 0.25) is 0 Å². The second-order valence-electron chi connectivity index (χ2n) is 7.66. The van der Waals surface area contributed by atoms with Crippen molar-refractivity contribution in [1.82, 2.24) is 14.8 Å². The van der Waals surface area contributed by atoms with Crippen LogP contribution < -0.4 is 5.73 Å². The summed E-state index contributed by atoms with van der Waals surface area (Å²) in [5.41, 5.74) is 10.2. The number of carbonyl (C=O) groups excluding carboxylic acids is 1. The van der Waals surface area contributed by atoms with E-state index in [1.54, 1.807) is 6.92 Å². The summed E-state index contributed by atoms with van der Waals surface area (Å²) < 4.78 is 1.96. The molecule has 3 rings (SSSR count). The molecule has 164 valence electrons. The lowest BCUT2D eigenvalue weighted by atomic mass is 10.1. The summed E-state index contributed by atoms with van der Waals surface area (Å²) >= 11 is 1.25. The van der Waals surface area contributed by atoms with Gasteiger partial charge in [0.05, 0.1) is 5.75 Å². The van der Waals surface area contributed by atoms with Gasteiger partial charge in [-0.05, 0) is 44.4 Å². The lowest BCUT2D eigenvalue weighted by Crippen LogP contribution is -2.11.